The Morgan fingerprint density at radius 2 is 2.07 bits per heavy atom. The first-order valence-electron chi connectivity index (χ1n) is 9.48. The molecular formula is C21H23ClN2O4. The zero-order valence-corrected chi connectivity index (χ0v) is 16.5. The summed E-state index contributed by atoms with van der Waals surface area (Å²) in [5, 5.41) is 0.380. The predicted molar refractivity (Wildman–Crippen MR) is 105 cm³/mol. The Hall–Kier alpha value is -2.15. The van der Waals surface area contributed by atoms with Crippen LogP contribution in [0.15, 0.2) is 36.5 Å². The number of aromatic nitrogens is 1. The molecule has 28 heavy (non-hydrogen) atoms. The molecule has 1 atom stereocenters. The zero-order valence-electron chi connectivity index (χ0n) is 15.8. The normalized spacial score (nSPS) is 20.4. The van der Waals surface area contributed by atoms with Crippen molar-refractivity contribution < 1.29 is 19.0 Å². The number of halogens is 1. The van der Waals surface area contributed by atoms with E-state index < -0.39 is 6.29 Å². The minimum atomic E-state index is -0.395. The van der Waals surface area contributed by atoms with Gasteiger partial charge in [-0.3, -0.25) is 4.79 Å². The smallest absolute Gasteiger partial charge is 0.274 e. The maximum atomic E-state index is 12.8. The van der Waals surface area contributed by atoms with Gasteiger partial charge in [0.25, 0.3) is 5.91 Å². The quantitative estimate of drug-likeness (QED) is 0.778. The standard InChI is InChI=1S/C21H23ClN2O4/c1-26-15-5-6-16(17(12-15)21-27-10-3-11-28-21)14-7-9-24(13-14)20(25)19-18(22)4-2-8-23-19/h2,4-6,8,12,14,21H,3,7,9-11,13H2,1H3. The number of amides is 1. The Balaban J connectivity index is 1.56. The molecule has 2 aromatic rings. The molecular weight excluding hydrogens is 380 g/mol. The number of hydrogen-bond donors (Lipinski definition) is 0. The van der Waals surface area contributed by atoms with E-state index in [1.165, 1.54) is 0 Å². The number of nitrogens with zero attached hydrogens (tertiary/aromatic N) is 2. The summed E-state index contributed by atoms with van der Waals surface area (Å²) < 4.78 is 17.1. The number of carbonyl (C=O) groups is 1. The van der Waals surface area contributed by atoms with Gasteiger partial charge in [0, 0.05) is 30.8 Å². The van der Waals surface area contributed by atoms with Crippen molar-refractivity contribution in [3.8, 4) is 5.75 Å². The molecule has 0 radical (unpaired) electrons. The van der Waals surface area contributed by atoms with Gasteiger partial charge in [-0.05, 0) is 42.7 Å². The third-order valence-corrected chi connectivity index (χ3v) is 5.56. The molecule has 4 rings (SSSR count). The van der Waals surface area contributed by atoms with Gasteiger partial charge >= 0.3 is 0 Å². The minimum absolute atomic E-state index is 0.131. The van der Waals surface area contributed by atoms with Gasteiger partial charge in [-0.1, -0.05) is 17.7 Å². The average Bonchev–Trinajstić information content (AvgIpc) is 3.24. The minimum Gasteiger partial charge on any atom is -0.497 e. The number of ether oxygens (including phenoxy) is 3. The van der Waals surface area contributed by atoms with Crippen LogP contribution in [0.4, 0.5) is 0 Å². The van der Waals surface area contributed by atoms with Crippen molar-refractivity contribution in [1.82, 2.24) is 9.88 Å². The van der Waals surface area contributed by atoms with E-state index in [4.69, 9.17) is 25.8 Å². The third-order valence-electron chi connectivity index (χ3n) is 5.25. The fraction of sp³-hybridized carbons (Fsp3) is 0.429. The van der Waals surface area contributed by atoms with Gasteiger partial charge in [-0.25, -0.2) is 4.98 Å². The molecule has 2 fully saturated rings. The summed E-state index contributed by atoms with van der Waals surface area (Å²) in [6.45, 7) is 2.62. The molecule has 0 aliphatic carbocycles. The van der Waals surface area contributed by atoms with Crippen LogP contribution in [0.25, 0.3) is 0 Å². The molecule has 0 spiro atoms. The highest BCUT2D eigenvalue weighted by Crippen LogP contribution is 2.37. The van der Waals surface area contributed by atoms with E-state index in [0.717, 1.165) is 29.7 Å². The van der Waals surface area contributed by atoms with Gasteiger partial charge in [0.15, 0.2) is 6.29 Å². The van der Waals surface area contributed by atoms with E-state index in [1.807, 2.05) is 17.0 Å². The number of likely N-dealkylation sites (tertiary alicyclic amines) is 1. The molecule has 2 saturated heterocycles. The maximum Gasteiger partial charge on any atom is 0.274 e. The molecule has 1 unspecified atom stereocenters. The first kappa shape index (κ1) is 19.2. The first-order chi connectivity index (χ1) is 13.7. The van der Waals surface area contributed by atoms with E-state index in [2.05, 4.69) is 11.1 Å². The molecule has 1 aromatic heterocycles. The lowest BCUT2D eigenvalue weighted by atomic mass is 9.92. The molecule has 0 N–H and O–H groups in total. The molecule has 1 aromatic carbocycles. The van der Waals surface area contributed by atoms with Crippen LogP contribution < -0.4 is 4.74 Å². The lowest BCUT2D eigenvalue weighted by Crippen LogP contribution is -2.29. The number of methoxy groups -OCH3 is 1. The highest BCUT2D eigenvalue weighted by molar-refractivity contribution is 6.33. The lowest BCUT2D eigenvalue weighted by Gasteiger charge is -2.27. The summed E-state index contributed by atoms with van der Waals surface area (Å²) >= 11 is 6.15. The fourth-order valence-electron chi connectivity index (χ4n) is 3.81. The monoisotopic (exact) mass is 402 g/mol. The zero-order chi connectivity index (χ0) is 19.5. The highest BCUT2D eigenvalue weighted by atomic mass is 35.5. The Kier molecular flexibility index (Phi) is 5.80. The van der Waals surface area contributed by atoms with Crippen LogP contribution in [0.1, 0.15) is 46.7 Å². The third kappa shape index (κ3) is 3.85. The number of carbonyl (C=O) groups excluding carboxylic acids is 1. The number of hydrogen-bond acceptors (Lipinski definition) is 5. The van der Waals surface area contributed by atoms with Crippen LogP contribution in [-0.2, 0) is 9.47 Å². The summed E-state index contributed by atoms with van der Waals surface area (Å²) in [4.78, 5) is 18.8. The van der Waals surface area contributed by atoms with Crippen LogP contribution in [0, 0.1) is 0 Å². The second-order valence-electron chi connectivity index (χ2n) is 6.99. The second kappa shape index (κ2) is 8.47. The van der Waals surface area contributed by atoms with Gasteiger partial charge in [0.05, 0.1) is 25.3 Å². The maximum absolute atomic E-state index is 12.8. The van der Waals surface area contributed by atoms with Crippen LogP contribution in [0.3, 0.4) is 0 Å². The molecule has 0 bridgehead atoms. The predicted octanol–water partition coefficient (Wildman–Crippen LogP) is 3.81. The number of rotatable bonds is 4. The van der Waals surface area contributed by atoms with Crippen molar-refractivity contribution >= 4 is 17.5 Å². The second-order valence-corrected chi connectivity index (χ2v) is 7.40. The first-order valence-corrected chi connectivity index (χ1v) is 9.86. The van der Waals surface area contributed by atoms with Gasteiger partial charge < -0.3 is 19.1 Å². The van der Waals surface area contributed by atoms with Gasteiger partial charge in [-0.15, -0.1) is 0 Å². The summed E-state index contributed by atoms with van der Waals surface area (Å²) in [6, 6.07) is 9.39. The Labute approximate surface area is 169 Å². The molecule has 3 heterocycles. The van der Waals surface area contributed by atoms with Crippen LogP contribution in [-0.4, -0.2) is 49.2 Å². The fourth-order valence-corrected chi connectivity index (χ4v) is 4.02. The van der Waals surface area contributed by atoms with Crippen molar-refractivity contribution in [3.05, 3.63) is 58.4 Å². The van der Waals surface area contributed by atoms with E-state index in [1.54, 1.807) is 25.4 Å². The summed E-state index contributed by atoms with van der Waals surface area (Å²) in [6.07, 6.45) is 2.95. The molecule has 6 nitrogen and oxygen atoms in total. The van der Waals surface area contributed by atoms with Crippen LogP contribution in [0.5, 0.6) is 5.75 Å². The topological polar surface area (TPSA) is 60.9 Å². The number of benzene rings is 1. The largest absolute Gasteiger partial charge is 0.497 e. The van der Waals surface area contributed by atoms with E-state index >= 15 is 0 Å². The van der Waals surface area contributed by atoms with E-state index in [0.29, 0.717) is 37.0 Å². The summed E-state index contributed by atoms with van der Waals surface area (Å²) in [5.41, 5.74) is 2.42. The van der Waals surface area contributed by atoms with Crippen LogP contribution in [0.2, 0.25) is 5.02 Å². The van der Waals surface area contributed by atoms with Gasteiger partial charge in [-0.2, -0.15) is 0 Å². The van der Waals surface area contributed by atoms with E-state index in [9.17, 15) is 4.79 Å². The lowest BCUT2D eigenvalue weighted by molar-refractivity contribution is -0.183. The van der Waals surface area contributed by atoms with Gasteiger partial charge in [0.1, 0.15) is 11.4 Å². The molecule has 7 heteroatoms. The van der Waals surface area contributed by atoms with Crippen molar-refractivity contribution in [2.24, 2.45) is 0 Å². The Morgan fingerprint density at radius 3 is 2.82 bits per heavy atom. The highest BCUT2D eigenvalue weighted by Gasteiger charge is 2.32. The van der Waals surface area contributed by atoms with Crippen LogP contribution >= 0.6 is 11.6 Å². The van der Waals surface area contributed by atoms with Crippen molar-refractivity contribution in [2.45, 2.75) is 25.0 Å². The molecule has 2 aliphatic rings. The van der Waals surface area contributed by atoms with Crippen molar-refractivity contribution in [3.63, 3.8) is 0 Å². The Bertz CT molecular complexity index is 854. The Morgan fingerprint density at radius 1 is 1.25 bits per heavy atom. The summed E-state index contributed by atoms with van der Waals surface area (Å²) in [7, 11) is 1.65. The molecule has 1 amide bonds. The van der Waals surface area contributed by atoms with Crippen molar-refractivity contribution in [1.29, 1.82) is 0 Å². The molecule has 2 aliphatic heterocycles. The summed E-state index contributed by atoms with van der Waals surface area (Å²) in [5.74, 6) is 0.831. The van der Waals surface area contributed by atoms with Crippen molar-refractivity contribution in [2.75, 3.05) is 33.4 Å². The average molecular weight is 403 g/mol. The number of pyridine rings is 1. The molecule has 0 saturated carbocycles. The molecule has 148 valence electrons. The van der Waals surface area contributed by atoms with Gasteiger partial charge in [0.2, 0.25) is 0 Å². The van der Waals surface area contributed by atoms with E-state index in [-0.39, 0.29) is 11.8 Å². The SMILES string of the molecule is COc1ccc(C2CCN(C(=O)c3ncccc3Cl)C2)c(C2OCCCO2)c1.